The summed E-state index contributed by atoms with van der Waals surface area (Å²) >= 11 is 0. The minimum atomic E-state index is 0.307. The minimum absolute atomic E-state index is 0.307. The first-order valence-corrected chi connectivity index (χ1v) is 4.38. The van der Waals surface area contributed by atoms with E-state index < -0.39 is 0 Å². The van der Waals surface area contributed by atoms with Gasteiger partial charge in [0.2, 0.25) is 0 Å². The zero-order valence-corrected chi connectivity index (χ0v) is 7.50. The topological polar surface area (TPSA) is 22.1 Å². The Morgan fingerprint density at radius 2 is 2.50 bits per heavy atom. The van der Waals surface area contributed by atoms with Gasteiger partial charge in [0.25, 0.3) is 0 Å². The third-order valence-corrected chi connectivity index (χ3v) is 2.32. The highest BCUT2D eigenvalue weighted by molar-refractivity contribution is 5.30. The fraction of sp³-hybridized carbons (Fsp3) is 0.500. The van der Waals surface area contributed by atoms with Crippen molar-refractivity contribution in [2.24, 2.45) is 0 Å². The molecule has 1 aliphatic rings. The van der Waals surface area contributed by atoms with Crippen molar-refractivity contribution in [1.82, 2.24) is 4.98 Å². The molecule has 2 nitrogen and oxygen atoms in total. The Kier molecular flexibility index (Phi) is 1.85. The molecule has 0 amide bonds. The normalized spacial score (nSPS) is 21.0. The molecule has 12 heavy (non-hydrogen) atoms. The molecule has 0 bridgehead atoms. The fourth-order valence-electron chi connectivity index (χ4n) is 1.65. The van der Waals surface area contributed by atoms with Crippen LogP contribution < -0.4 is 0 Å². The first kappa shape index (κ1) is 7.74. The summed E-state index contributed by atoms with van der Waals surface area (Å²) in [7, 11) is 0. The zero-order valence-electron chi connectivity index (χ0n) is 7.50. The van der Waals surface area contributed by atoms with E-state index >= 15 is 0 Å². The van der Waals surface area contributed by atoms with Crippen LogP contribution in [0.4, 0.5) is 0 Å². The number of ether oxygens (including phenoxy) is 1. The van der Waals surface area contributed by atoms with Crippen LogP contribution in [0.1, 0.15) is 36.3 Å². The summed E-state index contributed by atoms with van der Waals surface area (Å²) in [6.45, 7) is 4.90. The van der Waals surface area contributed by atoms with Crippen molar-refractivity contribution >= 4 is 0 Å². The van der Waals surface area contributed by atoms with E-state index in [0.717, 1.165) is 18.7 Å². The van der Waals surface area contributed by atoms with Crippen molar-refractivity contribution in [1.29, 1.82) is 0 Å². The van der Waals surface area contributed by atoms with Gasteiger partial charge in [-0.3, -0.25) is 4.98 Å². The highest BCUT2D eigenvalue weighted by Gasteiger charge is 2.21. The average molecular weight is 163 g/mol. The van der Waals surface area contributed by atoms with Gasteiger partial charge in [-0.15, -0.1) is 0 Å². The van der Waals surface area contributed by atoms with Gasteiger partial charge in [-0.2, -0.15) is 0 Å². The molecule has 1 unspecified atom stereocenters. The lowest BCUT2D eigenvalue weighted by molar-refractivity contribution is 0.0636. The molecule has 0 aliphatic carbocycles. The van der Waals surface area contributed by atoms with Crippen molar-refractivity contribution in [2.45, 2.75) is 33.0 Å². The van der Waals surface area contributed by atoms with Crippen LogP contribution in [-0.2, 0) is 11.3 Å². The Hall–Kier alpha value is -0.890. The Labute approximate surface area is 72.6 Å². The lowest BCUT2D eigenvalue weighted by Gasteiger charge is -2.06. The molecule has 1 aromatic rings. The molecule has 64 valence electrons. The third-order valence-electron chi connectivity index (χ3n) is 2.32. The Morgan fingerprint density at radius 1 is 1.67 bits per heavy atom. The van der Waals surface area contributed by atoms with Gasteiger partial charge < -0.3 is 4.74 Å². The van der Waals surface area contributed by atoms with Gasteiger partial charge in [0.1, 0.15) is 0 Å². The zero-order chi connectivity index (χ0) is 8.55. The second-order valence-electron chi connectivity index (χ2n) is 3.23. The van der Waals surface area contributed by atoms with E-state index in [9.17, 15) is 0 Å². The van der Waals surface area contributed by atoms with E-state index in [-0.39, 0.29) is 0 Å². The van der Waals surface area contributed by atoms with Crippen LogP contribution in [0.2, 0.25) is 0 Å². The summed E-state index contributed by atoms with van der Waals surface area (Å²) in [6.07, 6.45) is 3.29. The van der Waals surface area contributed by atoms with Crippen molar-refractivity contribution in [3.05, 3.63) is 29.1 Å². The second-order valence-corrected chi connectivity index (χ2v) is 3.23. The molecule has 0 fully saturated rings. The van der Waals surface area contributed by atoms with E-state index in [4.69, 9.17) is 4.74 Å². The highest BCUT2D eigenvalue weighted by atomic mass is 16.5. The molecule has 2 heterocycles. The van der Waals surface area contributed by atoms with Crippen LogP contribution in [0.3, 0.4) is 0 Å². The summed E-state index contributed by atoms with van der Waals surface area (Å²) in [5, 5.41) is 0. The number of aromatic nitrogens is 1. The molecular weight excluding hydrogens is 150 g/mol. The lowest BCUT2D eigenvalue weighted by Crippen LogP contribution is -1.94. The molecular formula is C10H13NO. The molecule has 0 saturated carbocycles. The number of nitrogens with zero attached hydrogens (tertiary/aromatic N) is 1. The maximum atomic E-state index is 5.59. The molecule has 0 spiro atoms. The Morgan fingerprint density at radius 3 is 3.25 bits per heavy atom. The molecule has 2 rings (SSSR count). The van der Waals surface area contributed by atoms with Gasteiger partial charge in [0.05, 0.1) is 12.7 Å². The first-order chi connectivity index (χ1) is 5.81. The largest absolute Gasteiger partial charge is 0.369 e. The summed E-state index contributed by atoms with van der Waals surface area (Å²) in [5.74, 6) is 0. The monoisotopic (exact) mass is 163 g/mol. The Bertz CT molecular complexity index is 296. The minimum Gasteiger partial charge on any atom is -0.369 e. The molecule has 0 saturated heterocycles. The third kappa shape index (κ3) is 1.12. The highest BCUT2D eigenvalue weighted by Crippen LogP contribution is 2.32. The molecule has 1 aromatic heterocycles. The number of fused-ring (bicyclic) bond motifs is 1. The SMILES string of the molecule is CCC1OCc2cnc(C)cc21. The summed E-state index contributed by atoms with van der Waals surface area (Å²) < 4.78 is 5.59. The van der Waals surface area contributed by atoms with E-state index in [1.807, 2.05) is 13.1 Å². The van der Waals surface area contributed by atoms with Gasteiger partial charge in [0.15, 0.2) is 0 Å². The molecule has 0 N–H and O–H groups in total. The first-order valence-electron chi connectivity index (χ1n) is 4.38. The van der Waals surface area contributed by atoms with Crippen LogP contribution in [0.15, 0.2) is 12.3 Å². The van der Waals surface area contributed by atoms with Crippen molar-refractivity contribution < 1.29 is 4.74 Å². The van der Waals surface area contributed by atoms with Crippen LogP contribution in [-0.4, -0.2) is 4.98 Å². The maximum Gasteiger partial charge on any atom is 0.0831 e. The fourth-order valence-corrected chi connectivity index (χ4v) is 1.65. The van der Waals surface area contributed by atoms with Gasteiger partial charge in [-0.05, 0) is 25.0 Å². The molecule has 0 aromatic carbocycles. The Balaban J connectivity index is 2.42. The number of hydrogen-bond acceptors (Lipinski definition) is 2. The van der Waals surface area contributed by atoms with E-state index in [2.05, 4.69) is 18.0 Å². The molecule has 1 aliphatic heterocycles. The number of hydrogen-bond donors (Lipinski definition) is 0. The van der Waals surface area contributed by atoms with Gasteiger partial charge in [-0.1, -0.05) is 6.92 Å². The van der Waals surface area contributed by atoms with Gasteiger partial charge in [0, 0.05) is 17.5 Å². The van der Waals surface area contributed by atoms with Crippen LogP contribution in [0.25, 0.3) is 0 Å². The van der Waals surface area contributed by atoms with Crippen LogP contribution in [0, 0.1) is 6.92 Å². The molecule has 2 heteroatoms. The van der Waals surface area contributed by atoms with Gasteiger partial charge >= 0.3 is 0 Å². The quantitative estimate of drug-likeness (QED) is 0.634. The molecule has 1 atom stereocenters. The smallest absolute Gasteiger partial charge is 0.0831 e. The summed E-state index contributed by atoms with van der Waals surface area (Å²) in [6, 6.07) is 2.14. The number of rotatable bonds is 1. The number of aryl methyl sites for hydroxylation is 1. The number of pyridine rings is 1. The van der Waals surface area contributed by atoms with E-state index in [1.54, 1.807) is 0 Å². The summed E-state index contributed by atoms with van der Waals surface area (Å²) in [4.78, 5) is 4.24. The summed E-state index contributed by atoms with van der Waals surface area (Å²) in [5.41, 5.74) is 3.68. The predicted molar refractivity (Wildman–Crippen MR) is 46.8 cm³/mol. The standard InChI is InChI=1S/C10H13NO/c1-3-10-9-4-7(2)11-5-8(9)6-12-10/h4-5,10H,3,6H2,1-2H3. The molecule has 0 radical (unpaired) electrons. The van der Waals surface area contributed by atoms with Crippen LogP contribution in [0.5, 0.6) is 0 Å². The van der Waals surface area contributed by atoms with Crippen molar-refractivity contribution in [2.75, 3.05) is 0 Å². The van der Waals surface area contributed by atoms with Crippen LogP contribution >= 0.6 is 0 Å². The second kappa shape index (κ2) is 2.87. The maximum absolute atomic E-state index is 5.59. The lowest BCUT2D eigenvalue weighted by atomic mass is 10.1. The van der Waals surface area contributed by atoms with E-state index in [1.165, 1.54) is 11.1 Å². The van der Waals surface area contributed by atoms with E-state index in [0.29, 0.717) is 6.10 Å². The van der Waals surface area contributed by atoms with Crippen molar-refractivity contribution in [3.63, 3.8) is 0 Å². The average Bonchev–Trinajstić information content (AvgIpc) is 2.46. The van der Waals surface area contributed by atoms with Crippen molar-refractivity contribution in [3.8, 4) is 0 Å². The predicted octanol–water partition coefficient (Wildman–Crippen LogP) is 2.37. The van der Waals surface area contributed by atoms with Gasteiger partial charge in [-0.25, -0.2) is 0 Å².